The molecule has 0 heterocycles. The molecule has 2 aromatic rings. The molecule has 0 aliphatic rings. The molecule has 0 saturated carbocycles. The van der Waals surface area contributed by atoms with Crippen LogP contribution in [0.1, 0.15) is 24.0 Å². The Morgan fingerprint density at radius 3 is 2.18 bits per heavy atom. The van der Waals surface area contributed by atoms with Crippen molar-refractivity contribution in [3.05, 3.63) is 45.9 Å². The first-order valence-corrected chi connectivity index (χ1v) is 5.58. The van der Waals surface area contributed by atoms with Crippen LogP contribution in [-0.4, -0.2) is 0 Å². The van der Waals surface area contributed by atoms with Gasteiger partial charge in [0.1, 0.15) is 0 Å². The molecule has 0 aromatic heterocycles. The SMILES string of the molecule is FC(F)c1ccc2c(C(F)F)c(Br)ccc2c1. The van der Waals surface area contributed by atoms with Crippen molar-refractivity contribution in [2.24, 2.45) is 0 Å². The van der Waals surface area contributed by atoms with E-state index in [1.54, 1.807) is 0 Å². The molecule has 0 N–H and O–H groups in total. The van der Waals surface area contributed by atoms with E-state index in [2.05, 4.69) is 15.9 Å². The van der Waals surface area contributed by atoms with E-state index in [9.17, 15) is 17.6 Å². The number of halogens is 5. The van der Waals surface area contributed by atoms with E-state index in [-0.39, 0.29) is 15.6 Å². The van der Waals surface area contributed by atoms with Gasteiger partial charge >= 0.3 is 0 Å². The topological polar surface area (TPSA) is 0 Å². The second kappa shape index (κ2) is 4.64. The van der Waals surface area contributed by atoms with Gasteiger partial charge in [0, 0.05) is 15.6 Å². The Bertz CT molecular complexity index is 551. The summed E-state index contributed by atoms with van der Waals surface area (Å²) in [5.41, 5.74) is -0.330. The van der Waals surface area contributed by atoms with E-state index in [0.717, 1.165) is 0 Å². The standard InChI is InChI=1S/C12H7BrF4/c13-9-4-2-6-5-7(11(14)15)1-3-8(6)10(9)12(16)17/h1-5,11-12H. The Labute approximate surface area is 103 Å². The van der Waals surface area contributed by atoms with Crippen LogP contribution in [0.25, 0.3) is 10.8 Å². The van der Waals surface area contributed by atoms with Gasteiger partial charge in [0.05, 0.1) is 0 Å². The van der Waals surface area contributed by atoms with Gasteiger partial charge in [-0.3, -0.25) is 0 Å². The van der Waals surface area contributed by atoms with Crippen molar-refractivity contribution in [1.82, 2.24) is 0 Å². The molecule has 0 bridgehead atoms. The van der Waals surface area contributed by atoms with Crippen molar-refractivity contribution in [3.63, 3.8) is 0 Å². The molecule has 0 amide bonds. The van der Waals surface area contributed by atoms with Crippen molar-refractivity contribution in [2.75, 3.05) is 0 Å². The first-order valence-electron chi connectivity index (χ1n) is 4.79. The second-order valence-electron chi connectivity index (χ2n) is 3.54. The van der Waals surface area contributed by atoms with E-state index in [0.29, 0.717) is 10.8 Å². The Morgan fingerprint density at radius 2 is 1.59 bits per heavy atom. The minimum atomic E-state index is -2.65. The van der Waals surface area contributed by atoms with Crippen LogP contribution in [0.15, 0.2) is 34.8 Å². The number of alkyl halides is 4. The molecule has 2 aromatic carbocycles. The molecule has 90 valence electrons. The van der Waals surface area contributed by atoms with Crippen molar-refractivity contribution in [2.45, 2.75) is 12.9 Å². The van der Waals surface area contributed by atoms with E-state index < -0.39 is 12.9 Å². The predicted molar refractivity (Wildman–Crippen MR) is 61.6 cm³/mol. The van der Waals surface area contributed by atoms with Crippen LogP contribution in [0, 0.1) is 0 Å². The van der Waals surface area contributed by atoms with Gasteiger partial charge < -0.3 is 0 Å². The average Bonchev–Trinajstić information content (AvgIpc) is 2.27. The molecule has 0 saturated heterocycles. The minimum absolute atomic E-state index is 0.164. The molecule has 0 aliphatic heterocycles. The largest absolute Gasteiger partial charge is 0.265 e. The summed E-state index contributed by atoms with van der Waals surface area (Å²) in [5, 5.41) is 0.681. The third-order valence-corrected chi connectivity index (χ3v) is 3.19. The molecule has 2 rings (SSSR count). The zero-order valence-electron chi connectivity index (χ0n) is 8.43. The lowest BCUT2D eigenvalue weighted by atomic mass is 10.0. The highest BCUT2D eigenvalue weighted by Crippen LogP contribution is 2.35. The third kappa shape index (κ3) is 2.29. The van der Waals surface area contributed by atoms with Gasteiger partial charge in [-0.15, -0.1) is 0 Å². The molecule has 0 aliphatic carbocycles. The Hall–Kier alpha value is -1.10. The van der Waals surface area contributed by atoms with Crippen LogP contribution in [0.2, 0.25) is 0 Å². The van der Waals surface area contributed by atoms with Gasteiger partial charge in [-0.1, -0.05) is 34.1 Å². The summed E-state index contributed by atoms with van der Waals surface area (Å²) in [6.45, 7) is 0. The first-order chi connectivity index (χ1) is 8.00. The maximum Gasteiger partial charge on any atom is 0.265 e. The van der Waals surface area contributed by atoms with Gasteiger partial charge in [-0.25, -0.2) is 17.6 Å². The summed E-state index contributed by atoms with van der Waals surface area (Å²) in [5.74, 6) is 0. The lowest BCUT2D eigenvalue weighted by Gasteiger charge is -2.09. The maximum atomic E-state index is 12.8. The molecule has 0 atom stereocenters. The monoisotopic (exact) mass is 306 g/mol. The highest BCUT2D eigenvalue weighted by molar-refractivity contribution is 9.10. The second-order valence-corrected chi connectivity index (χ2v) is 4.40. The van der Waals surface area contributed by atoms with E-state index in [1.165, 1.54) is 30.3 Å². The Morgan fingerprint density at radius 1 is 0.882 bits per heavy atom. The minimum Gasteiger partial charge on any atom is -0.205 e. The lowest BCUT2D eigenvalue weighted by molar-refractivity contribution is 0.151. The predicted octanol–water partition coefficient (Wildman–Crippen LogP) is 5.48. The van der Waals surface area contributed by atoms with Crippen molar-refractivity contribution >= 4 is 26.7 Å². The van der Waals surface area contributed by atoms with Crippen LogP contribution in [-0.2, 0) is 0 Å². The quantitative estimate of drug-likeness (QED) is 0.645. The fourth-order valence-electron chi connectivity index (χ4n) is 1.70. The molecule has 0 spiro atoms. The summed E-state index contributed by atoms with van der Waals surface area (Å²) < 4.78 is 50.9. The van der Waals surface area contributed by atoms with E-state index in [1.807, 2.05) is 0 Å². The molecular formula is C12H7BrF4. The fourth-order valence-corrected chi connectivity index (χ4v) is 2.22. The highest BCUT2D eigenvalue weighted by atomic mass is 79.9. The van der Waals surface area contributed by atoms with Crippen LogP contribution in [0.4, 0.5) is 17.6 Å². The number of rotatable bonds is 2. The normalized spacial score (nSPS) is 11.7. The fraction of sp³-hybridized carbons (Fsp3) is 0.167. The van der Waals surface area contributed by atoms with Gasteiger partial charge in [-0.2, -0.15) is 0 Å². The Balaban J connectivity index is 2.71. The lowest BCUT2D eigenvalue weighted by Crippen LogP contribution is -1.91. The van der Waals surface area contributed by atoms with Crippen molar-refractivity contribution in [3.8, 4) is 0 Å². The molecule has 0 radical (unpaired) electrons. The van der Waals surface area contributed by atoms with E-state index >= 15 is 0 Å². The molecule has 17 heavy (non-hydrogen) atoms. The van der Waals surface area contributed by atoms with Crippen LogP contribution in [0.5, 0.6) is 0 Å². The highest BCUT2D eigenvalue weighted by Gasteiger charge is 2.16. The van der Waals surface area contributed by atoms with E-state index in [4.69, 9.17) is 0 Å². The zero-order chi connectivity index (χ0) is 12.6. The molecule has 5 heteroatoms. The number of fused-ring (bicyclic) bond motifs is 1. The average molecular weight is 307 g/mol. The zero-order valence-corrected chi connectivity index (χ0v) is 10.0. The molecule has 0 nitrogen and oxygen atoms in total. The van der Waals surface area contributed by atoms with Crippen LogP contribution >= 0.6 is 15.9 Å². The smallest absolute Gasteiger partial charge is 0.205 e. The van der Waals surface area contributed by atoms with Gasteiger partial charge in [-0.05, 0) is 22.9 Å². The first kappa shape index (κ1) is 12.4. The number of benzene rings is 2. The van der Waals surface area contributed by atoms with Gasteiger partial charge in [0.2, 0.25) is 0 Å². The molecule has 0 fully saturated rings. The van der Waals surface area contributed by atoms with Crippen LogP contribution in [0.3, 0.4) is 0 Å². The summed E-state index contributed by atoms with van der Waals surface area (Å²) in [7, 11) is 0. The van der Waals surface area contributed by atoms with Crippen molar-refractivity contribution in [1.29, 1.82) is 0 Å². The summed E-state index contributed by atoms with van der Waals surface area (Å²) in [6, 6.07) is 6.70. The summed E-state index contributed by atoms with van der Waals surface area (Å²) in [6.07, 6.45) is -5.25. The van der Waals surface area contributed by atoms with Gasteiger partial charge in [0.25, 0.3) is 12.9 Å². The Kier molecular flexibility index (Phi) is 3.38. The molecule has 0 unspecified atom stereocenters. The van der Waals surface area contributed by atoms with Crippen molar-refractivity contribution < 1.29 is 17.6 Å². The summed E-state index contributed by atoms with van der Waals surface area (Å²) in [4.78, 5) is 0. The number of hydrogen-bond donors (Lipinski definition) is 0. The van der Waals surface area contributed by atoms with Crippen LogP contribution < -0.4 is 0 Å². The molecular weight excluding hydrogens is 300 g/mol. The summed E-state index contributed by atoms with van der Waals surface area (Å²) >= 11 is 3.04. The van der Waals surface area contributed by atoms with Gasteiger partial charge in [0.15, 0.2) is 0 Å². The number of hydrogen-bond acceptors (Lipinski definition) is 0. The maximum absolute atomic E-state index is 12.8. The third-order valence-electron chi connectivity index (χ3n) is 2.50.